The van der Waals surface area contributed by atoms with Crippen LogP contribution in [0.3, 0.4) is 0 Å². The molecular formula is C52H57NO7S. The molecule has 1 saturated carbocycles. The third-order valence-corrected chi connectivity index (χ3v) is 14.3. The molecule has 0 spiro atoms. The van der Waals surface area contributed by atoms with Crippen molar-refractivity contribution in [3.8, 4) is 17.2 Å². The van der Waals surface area contributed by atoms with E-state index in [2.05, 4.69) is 91.5 Å². The topological polar surface area (TPSA) is 99.0 Å². The lowest BCUT2D eigenvalue weighted by molar-refractivity contribution is -0.223. The van der Waals surface area contributed by atoms with Crippen LogP contribution in [-0.2, 0) is 14.3 Å². The summed E-state index contributed by atoms with van der Waals surface area (Å²) in [6.45, 7) is 5.38. The number of oxime groups is 1. The number of benzene rings is 5. The third-order valence-electron chi connectivity index (χ3n) is 13.0. The highest BCUT2D eigenvalue weighted by Gasteiger charge is 2.64. The summed E-state index contributed by atoms with van der Waals surface area (Å²) in [5.41, 5.74) is 3.08. The lowest BCUT2D eigenvalue weighted by atomic mass is 9.56. The predicted octanol–water partition coefficient (Wildman–Crippen LogP) is 11.7. The Labute approximate surface area is 363 Å². The fraction of sp³-hybridized carbons (Fsp3) is 0.404. The van der Waals surface area contributed by atoms with E-state index in [1.807, 2.05) is 30.3 Å². The van der Waals surface area contributed by atoms with E-state index in [0.717, 1.165) is 108 Å². The number of allylic oxidation sites excluding steroid dienone is 1. The molecule has 318 valence electrons. The molecule has 2 aliphatic heterocycles. The average Bonchev–Trinajstić information content (AvgIpc) is 3.29. The van der Waals surface area contributed by atoms with Crippen molar-refractivity contribution in [3.63, 3.8) is 0 Å². The maximum absolute atomic E-state index is 10.0. The minimum atomic E-state index is -1.10. The quantitative estimate of drug-likeness (QED) is 0.0543. The van der Waals surface area contributed by atoms with Gasteiger partial charge in [-0.25, -0.2) is 0 Å². The number of aliphatic hydroxyl groups is 2. The van der Waals surface area contributed by atoms with Crippen molar-refractivity contribution >= 4 is 39.0 Å². The summed E-state index contributed by atoms with van der Waals surface area (Å²) in [6, 6.07) is 35.9. The number of hydrogen-bond donors (Lipinski definition) is 2. The molecular weight excluding hydrogens is 783 g/mol. The van der Waals surface area contributed by atoms with Crippen LogP contribution >= 0.6 is 11.8 Å². The average molecular weight is 840 g/mol. The molecule has 0 bridgehead atoms. The number of thioether (sulfide) groups is 1. The number of fused-ring (bicyclic) bond motifs is 4. The van der Waals surface area contributed by atoms with Gasteiger partial charge in [-0.2, -0.15) is 0 Å². The first-order chi connectivity index (χ1) is 30.1. The van der Waals surface area contributed by atoms with Crippen LogP contribution in [0.1, 0.15) is 75.7 Å². The second-order valence-electron chi connectivity index (χ2n) is 16.9. The van der Waals surface area contributed by atoms with Crippen LogP contribution in [0.25, 0.3) is 21.5 Å². The molecule has 5 aromatic rings. The van der Waals surface area contributed by atoms with E-state index in [0.29, 0.717) is 19.6 Å². The van der Waals surface area contributed by atoms with E-state index >= 15 is 0 Å². The summed E-state index contributed by atoms with van der Waals surface area (Å²) in [5, 5.41) is 29.4. The summed E-state index contributed by atoms with van der Waals surface area (Å²) in [4.78, 5) is 7.45. The van der Waals surface area contributed by atoms with Gasteiger partial charge >= 0.3 is 0 Å². The molecule has 2 N–H and O–H groups in total. The number of unbranched alkanes of at least 4 members (excludes halogenated alkanes) is 2. The molecule has 2 heterocycles. The summed E-state index contributed by atoms with van der Waals surface area (Å²) in [7, 11) is 0. The Morgan fingerprint density at radius 2 is 1.52 bits per heavy atom. The van der Waals surface area contributed by atoms with Gasteiger partial charge in [-0.1, -0.05) is 90.8 Å². The monoisotopic (exact) mass is 839 g/mol. The van der Waals surface area contributed by atoms with Crippen LogP contribution in [0.2, 0.25) is 0 Å². The first kappa shape index (κ1) is 41.7. The zero-order valence-corrected chi connectivity index (χ0v) is 35.6. The van der Waals surface area contributed by atoms with Crippen LogP contribution in [0.4, 0.5) is 0 Å². The van der Waals surface area contributed by atoms with Crippen molar-refractivity contribution in [3.05, 3.63) is 133 Å². The molecule has 4 aliphatic rings. The smallest absolute Gasteiger partial charge is 0.231 e. The zero-order chi connectivity index (χ0) is 41.6. The molecule has 0 amide bonds. The van der Waals surface area contributed by atoms with Gasteiger partial charge in [0, 0.05) is 42.4 Å². The minimum Gasteiger partial charge on any atom is -0.460 e. The van der Waals surface area contributed by atoms with Gasteiger partial charge in [0.05, 0.1) is 30.1 Å². The molecule has 7 unspecified atom stereocenters. The van der Waals surface area contributed by atoms with Gasteiger partial charge in [0.25, 0.3) is 0 Å². The molecule has 9 heteroatoms. The van der Waals surface area contributed by atoms with E-state index in [9.17, 15) is 10.2 Å². The Hall–Kier alpha value is -4.64. The number of hydrogen-bond acceptors (Lipinski definition) is 9. The molecule has 7 atom stereocenters. The second kappa shape index (κ2) is 19.2. The van der Waals surface area contributed by atoms with E-state index < -0.39 is 5.79 Å². The highest BCUT2D eigenvalue weighted by Crippen LogP contribution is 2.63. The largest absolute Gasteiger partial charge is 0.460 e. The third kappa shape index (κ3) is 8.86. The number of nitrogens with zero attached hydrogens (tertiary/aromatic N) is 1. The summed E-state index contributed by atoms with van der Waals surface area (Å²) in [5.74, 6) is 1.24. The standard InChI is InChI=1S/C52H57NO7S/c1-2-28-57-52-48(61-42-24-21-36-14-4-6-16-38(36)31-42)34-46(53-60-49-19-9-12-29-56-49)44-32-39(17-7-10-26-54)43(18-8-11-27-55)50(51(44)52)45-33-41(23-25-47(45)59-52)58-40-22-20-35-13-3-5-15-37(35)30-40/h2-6,13-16,20-25,30-33,39,43,48-51,54-55H,1,7-12,17-19,26-29,34H2. The Kier molecular flexibility index (Phi) is 13.1. The number of aliphatic hydroxyl groups excluding tert-OH is 2. The molecule has 2 aliphatic carbocycles. The first-order valence-electron chi connectivity index (χ1n) is 22.2. The van der Waals surface area contributed by atoms with E-state index in [-0.39, 0.29) is 48.4 Å². The highest BCUT2D eigenvalue weighted by molar-refractivity contribution is 8.00. The molecule has 1 saturated heterocycles. The maximum atomic E-state index is 10.0. The van der Waals surface area contributed by atoms with Crippen LogP contribution in [-0.4, -0.2) is 59.7 Å². The number of rotatable bonds is 17. The van der Waals surface area contributed by atoms with Crippen molar-refractivity contribution in [2.45, 2.75) is 92.3 Å². The molecule has 61 heavy (non-hydrogen) atoms. The van der Waals surface area contributed by atoms with Gasteiger partial charge in [-0.05, 0) is 120 Å². The highest BCUT2D eigenvalue weighted by atomic mass is 32.2. The second-order valence-corrected chi connectivity index (χ2v) is 18.2. The maximum Gasteiger partial charge on any atom is 0.231 e. The van der Waals surface area contributed by atoms with Gasteiger partial charge < -0.3 is 34.0 Å². The van der Waals surface area contributed by atoms with E-state index in [1.165, 1.54) is 10.8 Å². The Balaban J connectivity index is 1.20. The van der Waals surface area contributed by atoms with Crippen LogP contribution in [0, 0.1) is 17.8 Å². The van der Waals surface area contributed by atoms with Gasteiger partial charge in [0.1, 0.15) is 17.2 Å². The first-order valence-corrected chi connectivity index (χ1v) is 23.1. The molecule has 0 aromatic heterocycles. The van der Waals surface area contributed by atoms with Gasteiger partial charge in [-0.3, -0.25) is 0 Å². The van der Waals surface area contributed by atoms with Crippen molar-refractivity contribution < 1.29 is 34.0 Å². The SMILES string of the molecule is C=CCOC12Oc3ccc(Oc4ccc5ccccc5c4)cc3C3C(CCCCO)C(CCCCO)C=C(C(=NOC4CCCCO4)CC1Sc1ccc4ccccc4c1)C32. The fourth-order valence-electron chi connectivity index (χ4n) is 10.2. The molecule has 5 aromatic carbocycles. The summed E-state index contributed by atoms with van der Waals surface area (Å²) < 4.78 is 27.4. The Bertz CT molecular complexity index is 2370. The van der Waals surface area contributed by atoms with Gasteiger partial charge in [0.15, 0.2) is 0 Å². The molecule has 2 fully saturated rings. The molecule has 9 rings (SSSR count). The van der Waals surface area contributed by atoms with Crippen molar-refractivity contribution in [2.24, 2.45) is 22.9 Å². The summed E-state index contributed by atoms with van der Waals surface area (Å²) in [6.07, 6.45) is 12.3. The lowest BCUT2D eigenvalue weighted by Gasteiger charge is -2.58. The number of ether oxygens (including phenoxy) is 4. The Morgan fingerprint density at radius 3 is 2.28 bits per heavy atom. The van der Waals surface area contributed by atoms with Crippen LogP contribution in [0.15, 0.2) is 137 Å². The molecule has 8 nitrogen and oxygen atoms in total. The van der Waals surface area contributed by atoms with Crippen molar-refractivity contribution in [1.82, 2.24) is 0 Å². The van der Waals surface area contributed by atoms with Gasteiger partial charge in [0.2, 0.25) is 12.1 Å². The lowest BCUT2D eigenvalue weighted by Crippen LogP contribution is -2.64. The van der Waals surface area contributed by atoms with Crippen molar-refractivity contribution in [2.75, 3.05) is 26.4 Å². The normalized spacial score (nSPS) is 26.3. The zero-order valence-electron chi connectivity index (χ0n) is 34.8. The van der Waals surface area contributed by atoms with E-state index in [1.54, 1.807) is 11.8 Å². The van der Waals surface area contributed by atoms with E-state index in [4.69, 9.17) is 28.9 Å². The summed E-state index contributed by atoms with van der Waals surface area (Å²) >= 11 is 1.77. The fourth-order valence-corrected chi connectivity index (χ4v) is 11.5. The van der Waals surface area contributed by atoms with Gasteiger partial charge in [-0.15, -0.1) is 18.3 Å². The predicted molar refractivity (Wildman–Crippen MR) is 243 cm³/mol. The van der Waals surface area contributed by atoms with Crippen molar-refractivity contribution in [1.29, 1.82) is 0 Å². The minimum absolute atomic E-state index is 0.0531. The van der Waals surface area contributed by atoms with Crippen LogP contribution < -0.4 is 9.47 Å². The van der Waals surface area contributed by atoms with Crippen LogP contribution in [0.5, 0.6) is 17.2 Å². The Morgan fingerprint density at radius 1 is 0.803 bits per heavy atom. The molecule has 0 radical (unpaired) electrons.